The van der Waals surface area contributed by atoms with Gasteiger partial charge in [0.05, 0.1) is 19.6 Å². The summed E-state index contributed by atoms with van der Waals surface area (Å²) in [7, 11) is 1.31. The number of rotatable bonds is 8. The maximum atomic E-state index is 12.3. The molecule has 0 aliphatic rings. The molecule has 0 aliphatic heterocycles. The highest BCUT2D eigenvalue weighted by molar-refractivity contribution is 5.98. The molecule has 5 heteroatoms. The second kappa shape index (κ2) is 9.67. The van der Waals surface area contributed by atoms with Gasteiger partial charge in [-0.25, -0.2) is 0 Å². The number of hydrogen-bond acceptors (Lipinski definition) is 4. The van der Waals surface area contributed by atoms with Gasteiger partial charge < -0.3 is 10.1 Å². The second-order valence-electron chi connectivity index (χ2n) is 6.53. The molecule has 2 aromatic carbocycles. The number of benzene rings is 2. The maximum absolute atomic E-state index is 12.3. The van der Waals surface area contributed by atoms with Gasteiger partial charge in [0.2, 0.25) is 5.91 Å². The van der Waals surface area contributed by atoms with Crippen molar-refractivity contribution in [1.82, 2.24) is 5.32 Å². The molecule has 2 rings (SSSR count). The number of methoxy groups -OCH3 is 1. The highest BCUT2D eigenvalue weighted by atomic mass is 16.5. The molecule has 0 aromatic heterocycles. The van der Waals surface area contributed by atoms with Crippen molar-refractivity contribution < 1.29 is 19.1 Å². The first-order valence-electron chi connectivity index (χ1n) is 8.92. The average molecular weight is 367 g/mol. The number of ether oxygens (including phenoxy) is 1. The molecule has 0 fully saturated rings. The van der Waals surface area contributed by atoms with Crippen LogP contribution in [0.25, 0.3) is 0 Å². The summed E-state index contributed by atoms with van der Waals surface area (Å²) in [6, 6.07) is 14.3. The lowest BCUT2D eigenvalue weighted by Crippen LogP contribution is -2.30. The number of aryl methyl sites for hydroxylation is 2. The average Bonchev–Trinajstić information content (AvgIpc) is 2.68. The van der Waals surface area contributed by atoms with Crippen molar-refractivity contribution in [1.29, 1.82) is 0 Å². The normalized spacial score (nSPS) is 11.5. The summed E-state index contributed by atoms with van der Waals surface area (Å²) in [6.07, 6.45) is 0.224. The van der Waals surface area contributed by atoms with Gasteiger partial charge in [-0.3, -0.25) is 14.4 Å². The van der Waals surface area contributed by atoms with Gasteiger partial charge in [-0.2, -0.15) is 0 Å². The lowest BCUT2D eigenvalue weighted by Gasteiger charge is -2.18. The SMILES string of the molecule is COC(=O)C[C@@H](NC(=O)CCC(=O)c1ccc(C)c(C)c1)c1ccccc1. The van der Waals surface area contributed by atoms with Gasteiger partial charge in [-0.05, 0) is 36.6 Å². The molecule has 1 amide bonds. The third-order valence-electron chi connectivity index (χ3n) is 4.54. The Bertz CT molecular complexity index is 814. The number of carbonyl (C=O) groups is 3. The summed E-state index contributed by atoms with van der Waals surface area (Å²) in [6.45, 7) is 3.94. The van der Waals surface area contributed by atoms with Gasteiger partial charge in [-0.1, -0.05) is 42.5 Å². The van der Waals surface area contributed by atoms with Gasteiger partial charge >= 0.3 is 5.97 Å². The fourth-order valence-electron chi connectivity index (χ4n) is 2.74. The van der Waals surface area contributed by atoms with Crippen molar-refractivity contribution in [3.63, 3.8) is 0 Å². The van der Waals surface area contributed by atoms with Crippen molar-refractivity contribution in [2.75, 3.05) is 7.11 Å². The number of hydrogen-bond donors (Lipinski definition) is 1. The maximum Gasteiger partial charge on any atom is 0.307 e. The Morgan fingerprint density at radius 2 is 1.67 bits per heavy atom. The van der Waals surface area contributed by atoms with Gasteiger partial charge in [0.25, 0.3) is 0 Å². The molecular weight excluding hydrogens is 342 g/mol. The molecule has 0 spiro atoms. The largest absolute Gasteiger partial charge is 0.469 e. The molecule has 1 atom stereocenters. The first-order valence-corrected chi connectivity index (χ1v) is 8.92. The van der Waals surface area contributed by atoms with E-state index in [1.54, 1.807) is 6.07 Å². The van der Waals surface area contributed by atoms with Crippen LogP contribution in [0.2, 0.25) is 0 Å². The molecule has 0 radical (unpaired) electrons. The molecule has 0 heterocycles. The zero-order valence-corrected chi connectivity index (χ0v) is 16.0. The van der Waals surface area contributed by atoms with E-state index >= 15 is 0 Å². The van der Waals surface area contributed by atoms with E-state index in [4.69, 9.17) is 4.74 Å². The van der Waals surface area contributed by atoms with E-state index in [1.165, 1.54) is 7.11 Å². The lowest BCUT2D eigenvalue weighted by molar-refractivity contribution is -0.141. The minimum atomic E-state index is -0.483. The Balaban J connectivity index is 1.97. The van der Waals surface area contributed by atoms with Crippen molar-refractivity contribution in [3.05, 3.63) is 70.8 Å². The number of ketones is 1. The molecule has 1 N–H and O–H groups in total. The molecule has 142 valence electrons. The predicted octanol–water partition coefficient (Wildman–Crippen LogP) is 3.69. The van der Waals surface area contributed by atoms with Crippen molar-refractivity contribution >= 4 is 17.7 Å². The zero-order chi connectivity index (χ0) is 19.8. The summed E-state index contributed by atoms with van der Waals surface area (Å²) in [4.78, 5) is 36.3. The molecule has 0 saturated heterocycles. The number of nitrogens with one attached hydrogen (secondary N) is 1. The fraction of sp³-hybridized carbons (Fsp3) is 0.318. The van der Waals surface area contributed by atoms with Crippen LogP contribution in [0.5, 0.6) is 0 Å². The van der Waals surface area contributed by atoms with Crippen LogP contribution in [-0.4, -0.2) is 24.8 Å². The van der Waals surface area contributed by atoms with Crippen LogP contribution in [0, 0.1) is 13.8 Å². The van der Waals surface area contributed by atoms with Crippen LogP contribution >= 0.6 is 0 Å². The van der Waals surface area contributed by atoms with E-state index in [9.17, 15) is 14.4 Å². The quantitative estimate of drug-likeness (QED) is 0.570. The lowest BCUT2D eigenvalue weighted by atomic mass is 10.0. The molecular formula is C22H25NO4. The van der Waals surface area contributed by atoms with Gasteiger partial charge in [0.15, 0.2) is 5.78 Å². The Kier molecular flexibility index (Phi) is 7.29. The van der Waals surface area contributed by atoms with Crippen LogP contribution in [0.1, 0.15) is 52.4 Å². The third-order valence-corrected chi connectivity index (χ3v) is 4.54. The highest BCUT2D eigenvalue weighted by Gasteiger charge is 2.19. The van der Waals surface area contributed by atoms with Crippen LogP contribution in [0.3, 0.4) is 0 Å². The summed E-state index contributed by atoms with van der Waals surface area (Å²) in [5.41, 5.74) is 3.60. The van der Waals surface area contributed by atoms with Crippen LogP contribution < -0.4 is 5.32 Å². The van der Waals surface area contributed by atoms with Gasteiger partial charge in [-0.15, -0.1) is 0 Å². The molecule has 2 aromatic rings. The van der Waals surface area contributed by atoms with Crippen LogP contribution in [0.4, 0.5) is 0 Å². The monoisotopic (exact) mass is 367 g/mol. The minimum Gasteiger partial charge on any atom is -0.469 e. The number of amides is 1. The molecule has 5 nitrogen and oxygen atoms in total. The Morgan fingerprint density at radius 1 is 0.963 bits per heavy atom. The fourth-order valence-corrected chi connectivity index (χ4v) is 2.74. The molecule has 0 unspecified atom stereocenters. The van der Waals surface area contributed by atoms with Gasteiger partial charge in [0.1, 0.15) is 0 Å². The summed E-state index contributed by atoms with van der Waals surface area (Å²) >= 11 is 0. The predicted molar refractivity (Wildman–Crippen MR) is 103 cm³/mol. The van der Waals surface area contributed by atoms with E-state index in [0.29, 0.717) is 5.56 Å². The number of Topliss-reactive ketones (excluding diaryl/α,β-unsaturated/α-hetero) is 1. The van der Waals surface area contributed by atoms with Gasteiger partial charge in [0, 0.05) is 18.4 Å². The first-order chi connectivity index (χ1) is 12.9. The summed E-state index contributed by atoms with van der Waals surface area (Å²) in [5.74, 6) is -0.752. The third kappa shape index (κ3) is 6.06. The van der Waals surface area contributed by atoms with E-state index in [2.05, 4.69) is 5.32 Å². The van der Waals surface area contributed by atoms with Crippen molar-refractivity contribution in [3.8, 4) is 0 Å². The van der Waals surface area contributed by atoms with E-state index in [1.807, 2.05) is 56.3 Å². The van der Waals surface area contributed by atoms with Crippen LogP contribution in [0.15, 0.2) is 48.5 Å². The topological polar surface area (TPSA) is 72.5 Å². The number of esters is 1. The van der Waals surface area contributed by atoms with E-state index in [0.717, 1.165) is 16.7 Å². The second-order valence-corrected chi connectivity index (χ2v) is 6.53. The smallest absolute Gasteiger partial charge is 0.307 e. The van der Waals surface area contributed by atoms with E-state index < -0.39 is 12.0 Å². The van der Waals surface area contributed by atoms with Crippen molar-refractivity contribution in [2.45, 2.75) is 39.2 Å². The molecule has 0 bridgehead atoms. The minimum absolute atomic E-state index is 0.0390. The standard InChI is InChI=1S/C22H25NO4/c1-15-9-10-18(13-16(15)2)20(24)11-12-21(25)23-19(14-22(26)27-3)17-7-5-4-6-8-17/h4-10,13,19H,11-12,14H2,1-3H3,(H,23,25)/t19-/m1/s1. The zero-order valence-electron chi connectivity index (χ0n) is 16.0. The Morgan fingerprint density at radius 3 is 2.30 bits per heavy atom. The Hall–Kier alpha value is -2.95. The first kappa shape index (κ1) is 20.4. The van der Waals surface area contributed by atoms with Crippen LogP contribution in [-0.2, 0) is 14.3 Å². The summed E-state index contributed by atoms with van der Waals surface area (Å²) in [5, 5.41) is 2.83. The number of carbonyl (C=O) groups excluding carboxylic acids is 3. The highest BCUT2D eigenvalue weighted by Crippen LogP contribution is 2.18. The molecule has 0 saturated carbocycles. The van der Waals surface area contributed by atoms with E-state index in [-0.39, 0.29) is 31.0 Å². The summed E-state index contributed by atoms with van der Waals surface area (Å²) < 4.78 is 4.72. The van der Waals surface area contributed by atoms with Crippen molar-refractivity contribution in [2.24, 2.45) is 0 Å². The molecule has 0 aliphatic carbocycles. The Labute approximate surface area is 159 Å². The molecule has 27 heavy (non-hydrogen) atoms.